The monoisotopic (exact) mass is 294 g/mol. The van der Waals surface area contributed by atoms with Crippen molar-refractivity contribution in [1.29, 1.82) is 0 Å². The van der Waals surface area contributed by atoms with Crippen molar-refractivity contribution in [3.8, 4) is 11.5 Å². The lowest BCUT2D eigenvalue weighted by molar-refractivity contribution is -0.120. The number of benzene rings is 1. The molecule has 1 aromatic rings. The van der Waals surface area contributed by atoms with E-state index in [2.05, 4.69) is 10.6 Å². The van der Waals surface area contributed by atoms with Crippen LogP contribution in [-0.4, -0.2) is 38.8 Å². The molecule has 1 rings (SSSR count). The smallest absolute Gasteiger partial charge is 0.233 e. The summed E-state index contributed by atoms with van der Waals surface area (Å²) < 4.78 is 11.1. The molecule has 0 saturated carbocycles. The number of rotatable bonds is 10. The molecular weight excluding hydrogens is 268 g/mol. The average molecular weight is 294 g/mol. The second-order valence-electron chi connectivity index (χ2n) is 4.53. The molecule has 0 aliphatic heterocycles. The number of likely N-dealkylation sites (N-methyl/N-ethyl adjacent to an activating group) is 1. The van der Waals surface area contributed by atoms with Crippen LogP contribution in [0.4, 0.5) is 0 Å². The molecule has 0 heterocycles. The van der Waals surface area contributed by atoms with Gasteiger partial charge < -0.3 is 20.1 Å². The highest BCUT2D eigenvalue weighted by Gasteiger charge is 2.06. The van der Waals surface area contributed by atoms with Gasteiger partial charge >= 0.3 is 0 Å². The summed E-state index contributed by atoms with van der Waals surface area (Å²) in [5, 5.41) is 5.88. The zero-order valence-electron chi connectivity index (χ0n) is 13.2. The van der Waals surface area contributed by atoms with Crippen LogP contribution < -0.4 is 20.1 Å². The van der Waals surface area contributed by atoms with Gasteiger partial charge in [0.15, 0.2) is 11.5 Å². The summed E-state index contributed by atoms with van der Waals surface area (Å²) in [7, 11) is 0. The van der Waals surface area contributed by atoms with Gasteiger partial charge in [-0.1, -0.05) is 13.0 Å². The van der Waals surface area contributed by atoms with E-state index in [4.69, 9.17) is 9.47 Å². The number of nitrogens with one attached hydrogen (secondary N) is 2. The third-order valence-electron chi connectivity index (χ3n) is 2.88. The standard InChI is InChI=1S/C16H26N2O3/c1-4-17-12-16(19)18-10-9-13-7-8-14(20-5-2)15(11-13)21-6-3/h7-8,11,17H,4-6,9-10,12H2,1-3H3,(H,18,19). The predicted octanol–water partition coefficient (Wildman–Crippen LogP) is 1.75. The zero-order valence-corrected chi connectivity index (χ0v) is 13.2. The summed E-state index contributed by atoms with van der Waals surface area (Å²) >= 11 is 0. The Kier molecular flexibility index (Phi) is 8.28. The molecule has 5 nitrogen and oxygen atoms in total. The van der Waals surface area contributed by atoms with E-state index in [-0.39, 0.29) is 5.91 Å². The summed E-state index contributed by atoms with van der Waals surface area (Å²) in [4.78, 5) is 11.5. The molecule has 0 unspecified atom stereocenters. The van der Waals surface area contributed by atoms with Gasteiger partial charge in [-0.15, -0.1) is 0 Å². The van der Waals surface area contributed by atoms with Crippen molar-refractivity contribution in [3.63, 3.8) is 0 Å². The number of ether oxygens (including phenoxy) is 2. The van der Waals surface area contributed by atoms with Crippen LogP contribution in [0.3, 0.4) is 0 Å². The summed E-state index contributed by atoms with van der Waals surface area (Å²) in [6.45, 7) is 8.86. The Morgan fingerprint density at radius 2 is 1.81 bits per heavy atom. The van der Waals surface area contributed by atoms with Crippen LogP contribution in [0.2, 0.25) is 0 Å². The lowest BCUT2D eigenvalue weighted by Gasteiger charge is -2.12. The maximum atomic E-state index is 11.5. The van der Waals surface area contributed by atoms with Crippen LogP contribution in [0.5, 0.6) is 11.5 Å². The van der Waals surface area contributed by atoms with Crippen LogP contribution in [0, 0.1) is 0 Å². The Labute approximate surface area is 127 Å². The highest BCUT2D eigenvalue weighted by molar-refractivity contribution is 5.77. The van der Waals surface area contributed by atoms with Crippen LogP contribution >= 0.6 is 0 Å². The van der Waals surface area contributed by atoms with E-state index in [1.165, 1.54) is 0 Å². The minimum Gasteiger partial charge on any atom is -0.490 e. The highest BCUT2D eigenvalue weighted by Crippen LogP contribution is 2.28. The van der Waals surface area contributed by atoms with E-state index < -0.39 is 0 Å². The van der Waals surface area contributed by atoms with E-state index >= 15 is 0 Å². The van der Waals surface area contributed by atoms with Gasteiger partial charge in [-0.25, -0.2) is 0 Å². The molecule has 1 aromatic carbocycles. The van der Waals surface area contributed by atoms with Gasteiger partial charge in [0, 0.05) is 6.54 Å². The molecule has 0 aliphatic carbocycles. The lowest BCUT2D eigenvalue weighted by Crippen LogP contribution is -2.34. The average Bonchev–Trinajstić information content (AvgIpc) is 2.48. The van der Waals surface area contributed by atoms with E-state index in [9.17, 15) is 4.79 Å². The molecule has 21 heavy (non-hydrogen) atoms. The fourth-order valence-electron chi connectivity index (χ4n) is 1.90. The van der Waals surface area contributed by atoms with Gasteiger partial charge in [-0.05, 0) is 44.5 Å². The summed E-state index contributed by atoms with van der Waals surface area (Å²) in [5.41, 5.74) is 1.12. The lowest BCUT2D eigenvalue weighted by atomic mass is 10.1. The molecule has 2 N–H and O–H groups in total. The van der Waals surface area contributed by atoms with Crippen LogP contribution in [0.1, 0.15) is 26.3 Å². The molecule has 0 atom stereocenters. The molecule has 5 heteroatoms. The Hall–Kier alpha value is -1.75. The number of carbonyl (C=O) groups is 1. The van der Waals surface area contributed by atoms with Crippen molar-refractivity contribution >= 4 is 5.91 Å². The molecule has 0 aromatic heterocycles. The first-order valence-corrected chi connectivity index (χ1v) is 7.57. The normalized spacial score (nSPS) is 10.2. The fraction of sp³-hybridized carbons (Fsp3) is 0.562. The number of hydrogen-bond donors (Lipinski definition) is 2. The van der Waals surface area contributed by atoms with Gasteiger partial charge in [0.05, 0.1) is 19.8 Å². The maximum Gasteiger partial charge on any atom is 0.233 e. The minimum absolute atomic E-state index is 0.0211. The molecule has 0 saturated heterocycles. The van der Waals surface area contributed by atoms with Crippen molar-refractivity contribution in [3.05, 3.63) is 23.8 Å². The van der Waals surface area contributed by atoms with Crippen LogP contribution in [0.15, 0.2) is 18.2 Å². The zero-order chi connectivity index (χ0) is 15.5. The van der Waals surface area contributed by atoms with Crippen molar-refractivity contribution in [2.24, 2.45) is 0 Å². The van der Waals surface area contributed by atoms with E-state index in [0.717, 1.165) is 30.0 Å². The molecular formula is C16H26N2O3. The van der Waals surface area contributed by atoms with E-state index in [1.807, 2.05) is 39.0 Å². The van der Waals surface area contributed by atoms with Gasteiger partial charge in [0.2, 0.25) is 5.91 Å². The third kappa shape index (κ3) is 6.49. The Bertz CT molecular complexity index is 436. The predicted molar refractivity (Wildman–Crippen MR) is 84.0 cm³/mol. The number of amides is 1. The first-order valence-electron chi connectivity index (χ1n) is 7.57. The second-order valence-corrected chi connectivity index (χ2v) is 4.53. The molecule has 118 valence electrons. The third-order valence-corrected chi connectivity index (χ3v) is 2.88. The van der Waals surface area contributed by atoms with Crippen molar-refractivity contribution < 1.29 is 14.3 Å². The van der Waals surface area contributed by atoms with E-state index in [1.54, 1.807) is 0 Å². The fourth-order valence-corrected chi connectivity index (χ4v) is 1.90. The molecule has 1 amide bonds. The van der Waals surface area contributed by atoms with Crippen molar-refractivity contribution in [2.45, 2.75) is 27.2 Å². The topological polar surface area (TPSA) is 59.6 Å². The maximum absolute atomic E-state index is 11.5. The molecule has 0 radical (unpaired) electrons. The summed E-state index contributed by atoms with van der Waals surface area (Å²) in [6.07, 6.45) is 0.768. The van der Waals surface area contributed by atoms with Gasteiger partial charge in [0.1, 0.15) is 0 Å². The van der Waals surface area contributed by atoms with E-state index in [0.29, 0.717) is 26.3 Å². The second kappa shape index (κ2) is 10.0. The Morgan fingerprint density at radius 1 is 1.10 bits per heavy atom. The van der Waals surface area contributed by atoms with Gasteiger partial charge in [0.25, 0.3) is 0 Å². The van der Waals surface area contributed by atoms with Crippen LogP contribution in [-0.2, 0) is 11.2 Å². The SMILES string of the molecule is CCNCC(=O)NCCc1ccc(OCC)c(OCC)c1. The summed E-state index contributed by atoms with van der Waals surface area (Å²) in [6, 6.07) is 5.90. The van der Waals surface area contributed by atoms with Crippen LogP contribution in [0.25, 0.3) is 0 Å². The number of hydrogen-bond acceptors (Lipinski definition) is 4. The molecule has 0 aliphatic rings. The highest BCUT2D eigenvalue weighted by atomic mass is 16.5. The van der Waals surface area contributed by atoms with Crippen molar-refractivity contribution in [2.75, 3.05) is 32.8 Å². The molecule has 0 fully saturated rings. The summed E-state index contributed by atoms with van der Waals surface area (Å²) in [5.74, 6) is 1.54. The Morgan fingerprint density at radius 3 is 2.48 bits per heavy atom. The molecule has 0 bridgehead atoms. The largest absolute Gasteiger partial charge is 0.490 e. The number of carbonyl (C=O) groups excluding carboxylic acids is 1. The first-order chi connectivity index (χ1) is 10.2. The van der Waals surface area contributed by atoms with Crippen molar-refractivity contribution in [1.82, 2.24) is 10.6 Å². The molecule has 0 spiro atoms. The Balaban J connectivity index is 2.51. The first kappa shape index (κ1) is 17.3. The quantitative estimate of drug-likeness (QED) is 0.690. The van der Waals surface area contributed by atoms with Gasteiger partial charge in [-0.2, -0.15) is 0 Å². The van der Waals surface area contributed by atoms with Gasteiger partial charge in [-0.3, -0.25) is 4.79 Å². The minimum atomic E-state index is 0.0211.